The lowest BCUT2D eigenvalue weighted by atomic mass is 9.98. The van der Waals surface area contributed by atoms with Crippen molar-refractivity contribution in [3.05, 3.63) is 52.0 Å². The summed E-state index contributed by atoms with van der Waals surface area (Å²) in [6.45, 7) is 6.05. The largest absolute Gasteiger partial charge is 0.481 e. The lowest BCUT2D eigenvalue weighted by Gasteiger charge is -2.19. The zero-order chi connectivity index (χ0) is 19.7. The predicted octanol–water partition coefficient (Wildman–Crippen LogP) is 4.01. The van der Waals surface area contributed by atoms with Gasteiger partial charge in [0.15, 0.2) is 0 Å². The van der Waals surface area contributed by atoms with Crippen LogP contribution in [-0.2, 0) is 11.8 Å². The minimum atomic E-state index is -0.953. The molecule has 3 aromatic rings. The zero-order valence-corrected chi connectivity index (χ0v) is 16.6. The third-order valence-electron chi connectivity index (χ3n) is 4.56. The summed E-state index contributed by atoms with van der Waals surface area (Å²) >= 11 is 1.37. The van der Waals surface area contributed by atoms with Crippen LogP contribution in [0.4, 0.5) is 0 Å². The maximum Gasteiger partial charge on any atom is 0.305 e. The van der Waals surface area contributed by atoms with E-state index in [1.54, 1.807) is 4.68 Å². The van der Waals surface area contributed by atoms with Gasteiger partial charge < -0.3 is 10.4 Å². The highest BCUT2D eigenvalue weighted by Gasteiger charge is 2.23. The number of carbonyl (C=O) groups is 2. The number of hydrogen-bond acceptors (Lipinski definition) is 4. The quantitative estimate of drug-likeness (QED) is 0.671. The van der Waals surface area contributed by atoms with Gasteiger partial charge in [-0.05, 0) is 30.0 Å². The third-order valence-corrected chi connectivity index (χ3v) is 5.76. The van der Waals surface area contributed by atoms with E-state index in [4.69, 9.17) is 0 Å². The molecule has 1 unspecified atom stereocenters. The number of amides is 1. The maximum atomic E-state index is 12.9. The monoisotopic (exact) mass is 385 g/mol. The Morgan fingerprint density at radius 1 is 1.30 bits per heavy atom. The average Bonchev–Trinajstić information content (AvgIpc) is 3.15. The van der Waals surface area contributed by atoms with Crippen molar-refractivity contribution in [3.63, 3.8) is 0 Å². The molecule has 0 aliphatic carbocycles. The van der Waals surface area contributed by atoms with Crippen LogP contribution in [0, 0.1) is 6.92 Å². The van der Waals surface area contributed by atoms with Crippen LogP contribution < -0.4 is 5.32 Å². The molecule has 0 bridgehead atoms. The van der Waals surface area contributed by atoms with Crippen LogP contribution in [0.25, 0.3) is 10.2 Å². The van der Waals surface area contributed by atoms with E-state index in [1.807, 2.05) is 44.3 Å². The number of fused-ring (bicyclic) bond motifs is 1. The molecular weight excluding hydrogens is 362 g/mol. The number of carboxylic acid groups (broad SMARTS) is 1. The lowest BCUT2D eigenvalue weighted by Crippen LogP contribution is -2.30. The van der Waals surface area contributed by atoms with Gasteiger partial charge in [-0.15, -0.1) is 11.3 Å². The molecule has 7 heteroatoms. The molecule has 1 amide bonds. The average molecular weight is 385 g/mol. The molecule has 0 spiro atoms. The van der Waals surface area contributed by atoms with Crippen LogP contribution >= 0.6 is 11.3 Å². The first-order valence-electron chi connectivity index (χ1n) is 8.82. The number of thiophene rings is 1. The molecule has 2 N–H and O–H groups in total. The molecule has 27 heavy (non-hydrogen) atoms. The van der Waals surface area contributed by atoms with Crippen molar-refractivity contribution in [3.8, 4) is 0 Å². The normalized spacial score (nSPS) is 12.5. The van der Waals surface area contributed by atoms with E-state index in [0.717, 1.165) is 27.0 Å². The van der Waals surface area contributed by atoms with Gasteiger partial charge in [-0.3, -0.25) is 14.3 Å². The molecule has 6 nitrogen and oxygen atoms in total. The van der Waals surface area contributed by atoms with E-state index in [-0.39, 0.29) is 18.2 Å². The minimum Gasteiger partial charge on any atom is -0.481 e. The molecule has 142 valence electrons. The highest BCUT2D eigenvalue weighted by atomic mass is 32.1. The second kappa shape index (κ2) is 7.52. The highest BCUT2D eigenvalue weighted by Crippen LogP contribution is 2.32. The van der Waals surface area contributed by atoms with E-state index in [2.05, 4.69) is 24.3 Å². The van der Waals surface area contributed by atoms with Crippen molar-refractivity contribution < 1.29 is 14.7 Å². The van der Waals surface area contributed by atoms with Gasteiger partial charge in [-0.1, -0.05) is 38.1 Å². The van der Waals surface area contributed by atoms with Crippen LogP contribution in [0.1, 0.15) is 58.7 Å². The summed E-state index contributed by atoms with van der Waals surface area (Å²) < 4.78 is 1.79. The second-order valence-electron chi connectivity index (χ2n) is 6.97. The Balaban J connectivity index is 1.92. The molecule has 0 saturated carbocycles. The Morgan fingerprint density at radius 2 is 2.00 bits per heavy atom. The summed E-state index contributed by atoms with van der Waals surface area (Å²) in [7, 11) is 1.87. The molecule has 0 aliphatic heterocycles. The van der Waals surface area contributed by atoms with Crippen molar-refractivity contribution in [1.82, 2.24) is 15.1 Å². The number of carboxylic acids is 1. The first kappa shape index (κ1) is 19.1. The van der Waals surface area contributed by atoms with Gasteiger partial charge in [0.05, 0.1) is 23.0 Å². The number of aliphatic carboxylic acids is 1. The van der Waals surface area contributed by atoms with Crippen LogP contribution in [0.15, 0.2) is 30.3 Å². The fourth-order valence-electron chi connectivity index (χ4n) is 3.23. The van der Waals surface area contributed by atoms with Gasteiger partial charge in [0.2, 0.25) is 0 Å². The fraction of sp³-hybridized carbons (Fsp3) is 0.350. The maximum absolute atomic E-state index is 12.9. The van der Waals surface area contributed by atoms with Crippen molar-refractivity contribution >= 4 is 33.4 Å². The molecule has 0 saturated heterocycles. The topological polar surface area (TPSA) is 84.2 Å². The standard InChI is InChI=1S/C20H23N3O3S/c1-11(2)18-14-9-16(27-20(14)23(4)22-18)19(26)21-15(10-17(24)25)13-8-6-5-7-12(13)3/h5-9,11,15H,10H2,1-4H3,(H,21,26)(H,24,25). The number of carbonyl (C=O) groups excluding carboxylic acids is 1. The SMILES string of the molecule is Cc1ccccc1C(CC(=O)O)NC(=O)c1cc2c(C(C)C)nn(C)c2s1. The summed E-state index contributed by atoms with van der Waals surface area (Å²) in [4.78, 5) is 25.7. The van der Waals surface area contributed by atoms with Gasteiger partial charge in [0.25, 0.3) is 5.91 Å². The molecule has 1 aromatic carbocycles. The molecule has 2 aromatic heterocycles. The summed E-state index contributed by atoms with van der Waals surface area (Å²) in [6, 6.07) is 8.79. The van der Waals surface area contributed by atoms with Gasteiger partial charge in [-0.2, -0.15) is 5.10 Å². The zero-order valence-electron chi connectivity index (χ0n) is 15.8. The van der Waals surface area contributed by atoms with E-state index >= 15 is 0 Å². The van der Waals surface area contributed by atoms with Crippen LogP contribution in [0.2, 0.25) is 0 Å². The summed E-state index contributed by atoms with van der Waals surface area (Å²) in [5, 5.41) is 17.7. The Morgan fingerprint density at radius 3 is 2.63 bits per heavy atom. The fourth-order valence-corrected chi connectivity index (χ4v) is 4.21. The smallest absolute Gasteiger partial charge is 0.305 e. The van der Waals surface area contributed by atoms with E-state index in [1.165, 1.54) is 11.3 Å². The molecule has 1 atom stereocenters. The van der Waals surface area contributed by atoms with E-state index in [0.29, 0.717) is 4.88 Å². The van der Waals surface area contributed by atoms with Crippen molar-refractivity contribution in [2.24, 2.45) is 7.05 Å². The Kier molecular flexibility index (Phi) is 5.32. The Labute approximate surface area is 161 Å². The molecule has 2 heterocycles. The highest BCUT2D eigenvalue weighted by molar-refractivity contribution is 7.20. The van der Waals surface area contributed by atoms with Gasteiger partial charge in [0.1, 0.15) is 4.83 Å². The molecule has 3 rings (SSSR count). The number of aryl methyl sites for hydroxylation is 2. The number of benzene rings is 1. The number of hydrogen-bond donors (Lipinski definition) is 2. The Bertz CT molecular complexity index is 1000. The summed E-state index contributed by atoms with van der Waals surface area (Å²) in [5.74, 6) is -0.961. The van der Waals surface area contributed by atoms with Crippen LogP contribution in [-0.4, -0.2) is 26.8 Å². The lowest BCUT2D eigenvalue weighted by molar-refractivity contribution is -0.137. The van der Waals surface area contributed by atoms with Crippen molar-refractivity contribution in [2.75, 3.05) is 0 Å². The molecule has 0 radical (unpaired) electrons. The predicted molar refractivity (Wildman–Crippen MR) is 106 cm³/mol. The summed E-state index contributed by atoms with van der Waals surface area (Å²) in [5.41, 5.74) is 2.73. The first-order valence-corrected chi connectivity index (χ1v) is 9.64. The molecule has 0 fully saturated rings. The van der Waals surface area contributed by atoms with Gasteiger partial charge in [-0.25, -0.2) is 0 Å². The number of rotatable bonds is 6. The van der Waals surface area contributed by atoms with Crippen molar-refractivity contribution in [2.45, 2.75) is 39.2 Å². The first-order chi connectivity index (χ1) is 12.8. The molecule has 0 aliphatic rings. The van der Waals surface area contributed by atoms with Crippen LogP contribution in [0.5, 0.6) is 0 Å². The van der Waals surface area contributed by atoms with Crippen molar-refractivity contribution in [1.29, 1.82) is 0 Å². The van der Waals surface area contributed by atoms with Crippen LogP contribution in [0.3, 0.4) is 0 Å². The Hall–Kier alpha value is -2.67. The number of nitrogens with zero attached hydrogens (tertiary/aromatic N) is 2. The number of aromatic nitrogens is 2. The minimum absolute atomic E-state index is 0.166. The summed E-state index contributed by atoms with van der Waals surface area (Å²) in [6.07, 6.45) is -0.166. The molecular formula is C20H23N3O3S. The van der Waals surface area contributed by atoms with Gasteiger partial charge >= 0.3 is 5.97 Å². The van der Waals surface area contributed by atoms with E-state index in [9.17, 15) is 14.7 Å². The van der Waals surface area contributed by atoms with Gasteiger partial charge in [0, 0.05) is 12.4 Å². The second-order valence-corrected chi connectivity index (χ2v) is 8.00. The van der Waals surface area contributed by atoms with E-state index < -0.39 is 12.0 Å². The number of nitrogens with one attached hydrogen (secondary N) is 1. The third kappa shape index (κ3) is 3.88.